The second kappa shape index (κ2) is 10.1. The summed E-state index contributed by atoms with van der Waals surface area (Å²) in [6.07, 6.45) is 0. The first-order valence-electron chi connectivity index (χ1n) is 10.2. The summed E-state index contributed by atoms with van der Waals surface area (Å²) in [6, 6.07) is 27.1. The topological polar surface area (TPSA) is 81.9 Å². The van der Waals surface area contributed by atoms with E-state index in [0.717, 1.165) is 11.1 Å². The van der Waals surface area contributed by atoms with Gasteiger partial charge in [-0.15, -0.1) is 5.10 Å². The molecule has 8 heteroatoms. The summed E-state index contributed by atoms with van der Waals surface area (Å²) < 4.78 is 7.00. The van der Waals surface area contributed by atoms with Crippen molar-refractivity contribution in [3.05, 3.63) is 96.1 Å². The van der Waals surface area contributed by atoms with E-state index in [1.807, 2.05) is 91.9 Å². The zero-order valence-corrected chi connectivity index (χ0v) is 18.6. The highest BCUT2D eigenvalue weighted by atomic mass is 32.2. The fraction of sp³-hybridized carbons (Fsp3) is 0.167. The Morgan fingerprint density at radius 3 is 2.16 bits per heavy atom. The van der Waals surface area contributed by atoms with Crippen LogP contribution in [0.3, 0.4) is 0 Å². The molecule has 0 spiro atoms. The number of hydrogen-bond acceptors (Lipinski definition) is 6. The first kappa shape index (κ1) is 21.6. The Morgan fingerprint density at radius 1 is 0.938 bits per heavy atom. The summed E-state index contributed by atoms with van der Waals surface area (Å²) in [5.41, 5.74) is 2.74. The average molecular weight is 446 g/mol. The first-order valence-corrected chi connectivity index (χ1v) is 11.0. The average Bonchev–Trinajstić information content (AvgIpc) is 3.31. The summed E-state index contributed by atoms with van der Waals surface area (Å²) in [4.78, 5) is 13.2. The Bertz CT molecular complexity index is 1130. The number of amides is 1. The van der Waals surface area contributed by atoms with E-state index >= 15 is 0 Å². The van der Waals surface area contributed by atoms with Crippen molar-refractivity contribution in [1.29, 1.82) is 0 Å². The number of nitrogens with zero attached hydrogens (tertiary/aromatic N) is 4. The van der Waals surface area contributed by atoms with Crippen LogP contribution in [-0.2, 0) is 4.79 Å². The summed E-state index contributed by atoms with van der Waals surface area (Å²) in [5.74, 6) is 0.536. The molecule has 1 amide bonds. The van der Waals surface area contributed by atoms with Gasteiger partial charge in [-0.2, -0.15) is 4.68 Å². The van der Waals surface area contributed by atoms with E-state index in [1.165, 1.54) is 11.8 Å². The van der Waals surface area contributed by atoms with E-state index in [-0.39, 0.29) is 11.9 Å². The van der Waals surface area contributed by atoms with Crippen molar-refractivity contribution in [2.24, 2.45) is 0 Å². The molecule has 0 fully saturated rings. The van der Waals surface area contributed by atoms with Gasteiger partial charge in [0.15, 0.2) is 0 Å². The molecule has 3 aromatic carbocycles. The number of nitrogens with one attached hydrogen (secondary N) is 1. The number of tetrazole rings is 1. The van der Waals surface area contributed by atoms with Crippen molar-refractivity contribution in [1.82, 2.24) is 25.5 Å². The highest BCUT2D eigenvalue weighted by molar-refractivity contribution is 8.00. The van der Waals surface area contributed by atoms with Gasteiger partial charge in [-0.05, 0) is 40.6 Å². The summed E-state index contributed by atoms with van der Waals surface area (Å²) in [6.45, 7) is 1.84. The van der Waals surface area contributed by atoms with Crippen molar-refractivity contribution in [3.8, 4) is 11.4 Å². The van der Waals surface area contributed by atoms with E-state index in [1.54, 1.807) is 11.8 Å². The molecule has 32 heavy (non-hydrogen) atoms. The van der Waals surface area contributed by atoms with E-state index in [0.29, 0.717) is 16.6 Å². The smallest absolute Gasteiger partial charge is 0.234 e. The van der Waals surface area contributed by atoms with Crippen molar-refractivity contribution >= 4 is 17.7 Å². The van der Waals surface area contributed by atoms with Crippen LogP contribution in [0.15, 0.2) is 90.1 Å². The first-order chi connectivity index (χ1) is 15.7. The molecule has 7 nitrogen and oxygen atoms in total. The molecular weight excluding hydrogens is 422 g/mol. The number of methoxy groups -OCH3 is 1. The largest absolute Gasteiger partial charge is 0.494 e. The monoisotopic (exact) mass is 445 g/mol. The number of thioether (sulfide) groups is 1. The Hall–Kier alpha value is -3.65. The number of ether oxygens (including phenoxy) is 1. The zero-order valence-electron chi connectivity index (χ0n) is 17.8. The molecule has 0 bridgehead atoms. The van der Waals surface area contributed by atoms with E-state index in [9.17, 15) is 4.79 Å². The maximum Gasteiger partial charge on any atom is 0.234 e. The third kappa shape index (κ3) is 4.81. The Morgan fingerprint density at radius 2 is 1.53 bits per heavy atom. The minimum Gasteiger partial charge on any atom is -0.494 e. The lowest BCUT2D eigenvalue weighted by Crippen LogP contribution is -2.35. The van der Waals surface area contributed by atoms with Crippen LogP contribution in [0, 0.1) is 0 Å². The highest BCUT2D eigenvalue weighted by Gasteiger charge is 2.24. The number of hydrogen-bond donors (Lipinski definition) is 1. The van der Waals surface area contributed by atoms with Gasteiger partial charge in [0.1, 0.15) is 11.4 Å². The Kier molecular flexibility index (Phi) is 6.81. The fourth-order valence-electron chi connectivity index (χ4n) is 3.33. The van der Waals surface area contributed by atoms with Crippen LogP contribution < -0.4 is 10.1 Å². The maximum atomic E-state index is 13.2. The predicted molar refractivity (Wildman–Crippen MR) is 124 cm³/mol. The minimum absolute atomic E-state index is 0.109. The van der Waals surface area contributed by atoms with Crippen LogP contribution in [0.1, 0.15) is 24.1 Å². The number of carbonyl (C=O) groups excluding carboxylic acids is 1. The molecule has 4 aromatic rings. The molecule has 0 aliphatic heterocycles. The van der Waals surface area contributed by atoms with Gasteiger partial charge in [0.05, 0.1) is 18.4 Å². The lowest BCUT2D eigenvalue weighted by Gasteiger charge is -2.22. The molecule has 0 saturated carbocycles. The Labute approximate surface area is 190 Å². The summed E-state index contributed by atoms with van der Waals surface area (Å²) in [7, 11) is 1.60. The number of aromatic nitrogens is 4. The summed E-state index contributed by atoms with van der Waals surface area (Å²) in [5, 5.41) is 15.3. The molecule has 0 radical (unpaired) electrons. The standard InChI is InChI=1S/C24H23N5O2S/c1-17(32-24-26-27-28-29(24)20-15-9-10-16-21(20)31-2)23(30)25-22(18-11-5-3-6-12-18)19-13-7-4-8-14-19/h3-17,22H,1-2H3,(H,25,30)/t17-/m1/s1. The molecule has 0 aliphatic rings. The third-order valence-electron chi connectivity index (χ3n) is 4.96. The molecule has 162 valence electrons. The molecule has 1 N–H and O–H groups in total. The molecule has 1 heterocycles. The Balaban J connectivity index is 1.54. The van der Waals surface area contributed by atoms with Gasteiger partial charge in [-0.3, -0.25) is 4.79 Å². The molecule has 0 aliphatic carbocycles. The van der Waals surface area contributed by atoms with E-state index in [4.69, 9.17) is 4.74 Å². The third-order valence-corrected chi connectivity index (χ3v) is 5.99. The second-order valence-electron chi connectivity index (χ2n) is 7.07. The van der Waals surface area contributed by atoms with Crippen molar-refractivity contribution in [2.75, 3.05) is 7.11 Å². The lowest BCUT2D eigenvalue weighted by atomic mass is 9.98. The molecular formula is C24H23N5O2S. The van der Waals surface area contributed by atoms with Crippen LogP contribution in [0.25, 0.3) is 5.69 Å². The molecule has 1 aromatic heterocycles. The number of benzene rings is 3. The van der Waals surface area contributed by atoms with Gasteiger partial charge in [-0.1, -0.05) is 84.6 Å². The van der Waals surface area contributed by atoms with Gasteiger partial charge < -0.3 is 10.1 Å². The summed E-state index contributed by atoms with van der Waals surface area (Å²) >= 11 is 1.29. The fourth-order valence-corrected chi connectivity index (χ4v) is 4.14. The van der Waals surface area contributed by atoms with Gasteiger partial charge in [0, 0.05) is 0 Å². The molecule has 1 atom stereocenters. The van der Waals surface area contributed by atoms with Gasteiger partial charge in [0.25, 0.3) is 0 Å². The normalized spacial score (nSPS) is 11.8. The van der Waals surface area contributed by atoms with Crippen molar-refractivity contribution in [2.45, 2.75) is 23.4 Å². The lowest BCUT2D eigenvalue weighted by molar-refractivity contribution is -0.120. The van der Waals surface area contributed by atoms with Crippen LogP contribution in [0.4, 0.5) is 0 Å². The van der Waals surface area contributed by atoms with Gasteiger partial charge in [0.2, 0.25) is 11.1 Å². The van der Waals surface area contributed by atoms with Crippen LogP contribution in [0.2, 0.25) is 0 Å². The number of para-hydroxylation sites is 2. The van der Waals surface area contributed by atoms with Crippen LogP contribution in [0.5, 0.6) is 5.75 Å². The van der Waals surface area contributed by atoms with Crippen molar-refractivity contribution < 1.29 is 9.53 Å². The van der Waals surface area contributed by atoms with Crippen LogP contribution in [-0.4, -0.2) is 38.5 Å². The second-order valence-corrected chi connectivity index (χ2v) is 8.38. The molecule has 0 unspecified atom stereocenters. The van der Waals surface area contributed by atoms with Crippen molar-refractivity contribution in [3.63, 3.8) is 0 Å². The quantitative estimate of drug-likeness (QED) is 0.412. The van der Waals surface area contributed by atoms with Crippen LogP contribution >= 0.6 is 11.8 Å². The van der Waals surface area contributed by atoms with Gasteiger partial charge >= 0.3 is 0 Å². The van der Waals surface area contributed by atoms with E-state index < -0.39 is 5.25 Å². The SMILES string of the molecule is COc1ccccc1-n1nnnc1S[C@H](C)C(=O)NC(c1ccccc1)c1ccccc1. The minimum atomic E-state index is -0.426. The van der Waals surface area contributed by atoms with E-state index in [2.05, 4.69) is 20.8 Å². The number of rotatable bonds is 8. The predicted octanol–water partition coefficient (Wildman–Crippen LogP) is 4.06. The highest BCUT2D eigenvalue weighted by Crippen LogP contribution is 2.29. The molecule has 4 rings (SSSR count). The zero-order chi connectivity index (χ0) is 22.3. The molecule has 0 saturated heterocycles. The maximum absolute atomic E-state index is 13.2. The van der Waals surface area contributed by atoms with Gasteiger partial charge in [-0.25, -0.2) is 0 Å². The number of carbonyl (C=O) groups is 1.